The van der Waals surface area contributed by atoms with Crippen molar-refractivity contribution in [3.05, 3.63) is 24.3 Å². The number of benzene rings is 1. The molecule has 0 spiro atoms. The van der Waals surface area contributed by atoms with Crippen LogP contribution in [0.15, 0.2) is 24.3 Å². The number of hydrogen-bond acceptors (Lipinski definition) is 7. The van der Waals surface area contributed by atoms with E-state index in [0.717, 1.165) is 0 Å². The minimum absolute atomic E-state index is 0.00919. The topological polar surface area (TPSA) is 150 Å². The Morgan fingerprint density at radius 1 is 1.05 bits per heavy atom. The van der Waals surface area contributed by atoms with Gasteiger partial charge in [0.25, 0.3) is 5.91 Å². The first kappa shape index (κ1) is 16.3. The Kier molecular flexibility index (Phi) is 5.86. The van der Waals surface area contributed by atoms with Crippen molar-refractivity contribution in [3.63, 3.8) is 0 Å². The molecule has 0 aliphatic heterocycles. The summed E-state index contributed by atoms with van der Waals surface area (Å²) >= 11 is 0. The Balaban J connectivity index is 2.64. The highest BCUT2D eigenvalue weighted by molar-refractivity contribution is 5.94. The summed E-state index contributed by atoms with van der Waals surface area (Å²) in [5.74, 6) is -1.02. The van der Waals surface area contributed by atoms with Crippen LogP contribution in [0.3, 0.4) is 0 Å². The van der Waals surface area contributed by atoms with Gasteiger partial charge in [-0.15, -0.1) is 0 Å². The van der Waals surface area contributed by atoms with E-state index in [9.17, 15) is 20.1 Å². The maximum Gasteiger partial charge on any atom is 0.256 e. The van der Waals surface area contributed by atoms with Crippen LogP contribution in [0.4, 0.5) is 5.69 Å². The summed E-state index contributed by atoms with van der Waals surface area (Å²) in [6, 6.07) is 5.35. The highest BCUT2D eigenvalue weighted by atomic mass is 16.4. The zero-order valence-electron chi connectivity index (χ0n) is 10.4. The van der Waals surface area contributed by atoms with Gasteiger partial charge >= 0.3 is 0 Å². The molecule has 8 heteroatoms. The van der Waals surface area contributed by atoms with Crippen LogP contribution in [0.2, 0.25) is 0 Å². The van der Waals surface area contributed by atoms with Crippen molar-refractivity contribution >= 4 is 11.6 Å². The lowest BCUT2D eigenvalue weighted by atomic mass is 10.0. The van der Waals surface area contributed by atoms with Gasteiger partial charge in [-0.2, -0.15) is 0 Å². The van der Waals surface area contributed by atoms with E-state index in [1.165, 1.54) is 24.3 Å². The van der Waals surface area contributed by atoms with E-state index in [4.69, 9.17) is 15.3 Å². The summed E-state index contributed by atoms with van der Waals surface area (Å²) in [4.78, 5) is 11.6. The van der Waals surface area contributed by atoms with Crippen molar-refractivity contribution < 1.29 is 35.4 Å². The SMILES string of the molecule is O=C(Nc1ccc(O)cc1)C(O)C(O)C(O)C(O)CO. The van der Waals surface area contributed by atoms with Crippen molar-refractivity contribution in [2.24, 2.45) is 0 Å². The smallest absolute Gasteiger partial charge is 0.256 e. The Bertz CT molecular complexity index is 436. The van der Waals surface area contributed by atoms with Gasteiger partial charge in [0.05, 0.1) is 6.61 Å². The maximum absolute atomic E-state index is 11.6. The van der Waals surface area contributed by atoms with E-state index in [1.807, 2.05) is 0 Å². The Morgan fingerprint density at radius 3 is 2.10 bits per heavy atom. The van der Waals surface area contributed by atoms with Gasteiger partial charge in [0, 0.05) is 5.69 Å². The zero-order chi connectivity index (χ0) is 15.3. The van der Waals surface area contributed by atoms with Gasteiger partial charge in [-0.05, 0) is 24.3 Å². The normalized spacial score (nSPS) is 17.1. The largest absolute Gasteiger partial charge is 0.508 e. The first-order valence-electron chi connectivity index (χ1n) is 5.80. The fourth-order valence-corrected chi connectivity index (χ4v) is 1.44. The number of phenolic OH excluding ortho intramolecular Hbond substituents is 1. The van der Waals surface area contributed by atoms with Crippen LogP contribution in [0.1, 0.15) is 0 Å². The van der Waals surface area contributed by atoms with Gasteiger partial charge in [0.1, 0.15) is 24.1 Å². The molecule has 4 atom stereocenters. The third-order valence-electron chi connectivity index (χ3n) is 2.66. The van der Waals surface area contributed by atoms with Gasteiger partial charge in [-0.3, -0.25) is 4.79 Å². The Hall–Kier alpha value is -1.71. The summed E-state index contributed by atoms with van der Waals surface area (Å²) in [5, 5.41) is 57.5. The lowest BCUT2D eigenvalue weighted by molar-refractivity contribution is -0.144. The average molecular weight is 287 g/mol. The average Bonchev–Trinajstić information content (AvgIpc) is 2.46. The van der Waals surface area contributed by atoms with Crippen LogP contribution in [-0.2, 0) is 4.79 Å². The molecule has 20 heavy (non-hydrogen) atoms. The second kappa shape index (κ2) is 7.17. The van der Waals surface area contributed by atoms with Crippen molar-refractivity contribution in [1.29, 1.82) is 0 Å². The van der Waals surface area contributed by atoms with E-state index in [1.54, 1.807) is 0 Å². The van der Waals surface area contributed by atoms with Crippen LogP contribution in [0.25, 0.3) is 0 Å². The summed E-state index contributed by atoms with van der Waals surface area (Å²) < 4.78 is 0. The van der Waals surface area contributed by atoms with Crippen LogP contribution >= 0.6 is 0 Å². The predicted octanol–water partition coefficient (Wildman–Crippen LogP) is -2.23. The summed E-state index contributed by atoms with van der Waals surface area (Å²) in [6.45, 7) is -0.829. The van der Waals surface area contributed by atoms with Crippen LogP contribution in [-0.4, -0.2) is 67.6 Å². The minimum atomic E-state index is -2.00. The summed E-state index contributed by atoms with van der Waals surface area (Å²) in [6.07, 6.45) is -7.52. The zero-order valence-corrected chi connectivity index (χ0v) is 10.4. The molecule has 0 aliphatic rings. The summed E-state index contributed by atoms with van der Waals surface area (Å²) in [5.41, 5.74) is 0.260. The quantitative estimate of drug-likeness (QED) is 0.292. The fraction of sp³-hybridized carbons (Fsp3) is 0.417. The molecule has 1 aromatic rings. The van der Waals surface area contributed by atoms with E-state index >= 15 is 0 Å². The first-order valence-corrected chi connectivity index (χ1v) is 5.80. The molecule has 7 N–H and O–H groups in total. The number of anilines is 1. The molecule has 112 valence electrons. The number of aromatic hydroxyl groups is 1. The molecule has 0 heterocycles. The second-order valence-corrected chi connectivity index (χ2v) is 4.21. The fourth-order valence-electron chi connectivity index (χ4n) is 1.44. The number of aliphatic hydroxyl groups is 5. The molecule has 0 saturated carbocycles. The molecule has 4 unspecified atom stereocenters. The molecule has 0 radical (unpaired) electrons. The van der Waals surface area contributed by atoms with Gasteiger partial charge in [0.15, 0.2) is 6.10 Å². The first-order chi connectivity index (χ1) is 9.36. The van der Waals surface area contributed by atoms with Gasteiger partial charge in [0.2, 0.25) is 0 Å². The van der Waals surface area contributed by atoms with Crippen molar-refractivity contribution in [2.75, 3.05) is 11.9 Å². The van der Waals surface area contributed by atoms with Gasteiger partial charge < -0.3 is 36.0 Å². The number of amides is 1. The van der Waals surface area contributed by atoms with E-state index in [-0.39, 0.29) is 11.4 Å². The lowest BCUT2D eigenvalue weighted by Gasteiger charge is -2.24. The number of carbonyl (C=O) groups excluding carboxylic acids is 1. The number of aliphatic hydroxyl groups excluding tert-OH is 5. The van der Waals surface area contributed by atoms with Crippen LogP contribution in [0, 0.1) is 0 Å². The van der Waals surface area contributed by atoms with Crippen LogP contribution < -0.4 is 5.32 Å². The van der Waals surface area contributed by atoms with E-state index in [2.05, 4.69) is 5.32 Å². The van der Waals surface area contributed by atoms with E-state index < -0.39 is 36.9 Å². The third kappa shape index (κ3) is 4.15. The molecule has 0 aromatic heterocycles. The molecule has 1 aromatic carbocycles. The molecule has 8 nitrogen and oxygen atoms in total. The molecular weight excluding hydrogens is 270 g/mol. The highest BCUT2D eigenvalue weighted by Gasteiger charge is 2.34. The summed E-state index contributed by atoms with van der Waals surface area (Å²) in [7, 11) is 0. The Labute approximate surface area is 114 Å². The molecule has 0 fully saturated rings. The molecule has 0 saturated heterocycles. The van der Waals surface area contributed by atoms with Crippen molar-refractivity contribution in [1.82, 2.24) is 0 Å². The molecule has 0 aliphatic carbocycles. The van der Waals surface area contributed by atoms with Crippen LogP contribution in [0.5, 0.6) is 5.75 Å². The number of phenols is 1. The minimum Gasteiger partial charge on any atom is -0.508 e. The number of nitrogens with one attached hydrogen (secondary N) is 1. The third-order valence-corrected chi connectivity index (χ3v) is 2.66. The predicted molar refractivity (Wildman–Crippen MR) is 67.8 cm³/mol. The standard InChI is InChI=1S/C12H17NO7/c14-5-8(16)9(17)10(18)11(19)12(20)13-6-1-3-7(15)4-2-6/h1-4,8-11,14-19H,5H2,(H,13,20). The molecular formula is C12H17NO7. The van der Waals surface area contributed by atoms with Gasteiger partial charge in [-0.1, -0.05) is 0 Å². The number of rotatable bonds is 6. The number of hydrogen-bond donors (Lipinski definition) is 7. The van der Waals surface area contributed by atoms with Crippen molar-refractivity contribution in [2.45, 2.75) is 24.4 Å². The highest BCUT2D eigenvalue weighted by Crippen LogP contribution is 2.14. The molecule has 0 bridgehead atoms. The lowest BCUT2D eigenvalue weighted by Crippen LogP contribution is -2.50. The van der Waals surface area contributed by atoms with Crippen molar-refractivity contribution in [3.8, 4) is 5.75 Å². The molecule has 1 amide bonds. The second-order valence-electron chi connectivity index (χ2n) is 4.21. The molecule has 1 rings (SSSR count). The number of carbonyl (C=O) groups is 1. The monoisotopic (exact) mass is 287 g/mol. The van der Waals surface area contributed by atoms with Gasteiger partial charge in [-0.25, -0.2) is 0 Å². The maximum atomic E-state index is 11.6. The Morgan fingerprint density at radius 2 is 1.60 bits per heavy atom. The van der Waals surface area contributed by atoms with E-state index in [0.29, 0.717) is 0 Å².